The Morgan fingerprint density at radius 3 is 2.70 bits per heavy atom. The first-order valence-corrected chi connectivity index (χ1v) is 5.99. The van der Waals surface area contributed by atoms with Gasteiger partial charge in [-0.2, -0.15) is 5.10 Å². The molecule has 0 aliphatic rings. The zero-order chi connectivity index (χ0) is 14.9. The molecule has 7 heteroatoms. The summed E-state index contributed by atoms with van der Waals surface area (Å²) in [6, 6.07) is 3.17. The fourth-order valence-electron chi connectivity index (χ4n) is 1.75. The van der Waals surface area contributed by atoms with Crippen molar-refractivity contribution in [1.82, 2.24) is 9.78 Å². The van der Waals surface area contributed by atoms with Gasteiger partial charge in [0.05, 0.1) is 17.4 Å². The molecule has 0 saturated carbocycles. The molecule has 0 atom stereocenters. The van der Waals surface area contributed by atoms with Crippen LogP contribution in [0.15, 0.2) is 24.4 Å². The van der Waals surface area contributed by atoms with Crippen molar-refractivity contribution in [2.45, 2.75) is 19.9 Å². The highest BCUT2D eigenvalue weighted by molar-refractivity contribution is 6.04. The van der Waals surface area contributed by atoms with Crippen LogP contribution in [0.3, 0.4) is 0 Å². The zero-order valence-corrected chi connectivity index (χ0v) is 11.0. The minimum absolute atomic E-state index is 0.0310. The number of aromatic nitrogens is 2. The summed E-state index contributed by atoms with van der Waals surface area (Å²) in [5.74, 6) is -2.15. The normalized spacial score (nSPS) is 10.8. The number of nitrogens with two attached hydrogens (primary N) is 1. The lowest BCUT2D eigenvalue weighted by Crippen LogP contribution is -2.18. The van der Waals surface area contributed by atoms with Gasteiger partial charge in [0.25, 0.3) is 5.91 Å². The summed E-state index contributed by atoms with van der Waals surface area (Å²) in [6.07, 6.45) is 1.52. The Morgan fingerprint density at radius 2 is 2.05 bits per heavy atom. The number of amides is 1. The van der Waals surface area contributed by atoms with Crippen molar-refractivity contribution in [2.24, 2.45) is 0 Å². The van der Waals surface area contributed by atoms with Crippen molar-refractivity contribution < 1.29 is 13.6 Å². The third-order valence-electron chi connectivity index (χ3n) is 2.73. The highest BCUT2D eigenvalue weighted by Gasteiger charge is 2.17. The summed E-state index contributed by atoms with van der Waals surface area (Å²) in [6.45, 7) is 3.78. The molecule has 106 valence electrons. The van der Waals surface area contributed by atoms with Crippen LogP contribution in [0.25, 0.3) is 0 Å². The highest BCUT2D eigenvalue weighted by atomic mass is 19.1. The third kappa shape index (κ3) is 2.61. The topological polar surface area (TPSA) is 72.9 Å². The van der Waals surface area contributed by atoms with Gasteiger partial charge < -0.3 is 11.1 Å². The molecule has 1 heterocycles. The van der Waals surface area contributed by atoms with Crippen LogP contribution in [0.5, 0.6) is 0 Å². The molecule has 20 heavy (non-hydrogen) atoms. The van der Waals surface area contributed by atoms with E-state index in [0.717, 1.165) is 6.07 Å². The number of carbonyl (C=O) groups excluding carboxylic acids is 1. The van der Waals surface area contributed by atoms with Crippen molar-refractivity contribution in [3.63, 3.8) is 0 Å². The Balaban J connectivity index is 2.29. The minimum Gasteiger partial charge on any atom is -0.396 e. The fraction of sp³-hybridized carbons (Fsp3) is 0.231. The van der Waals surface area contributed by atoms with Gasteiger partial charge in [0.15, 0.2) is 0 Å². The highest BCUT2D eigenvalue weighted by Crippen LogP contribution is 2.19. The summed E-state index contributed by atoms with van der Waals surface area (Å²) in [7, 11) is 0. The molecule has 1 amide bonds. The molecule has 0 radical (unpaired) electrons. The molecule has 1 aromatic carbocycles. The van der Waals surface area contributed by atoms with Crippen molar-refractivity contribution in [1.29, 1.82) is 0 Å². The largest absolute Gasteiger partial charge is 0.396 e. The average molecular weight is 280 g/mol. The maximum Gasteiger partial charge on any atom is 0.259 e. The molecule has 1 aromatic heterocycles. The van der Waals surface area contributed by atoms with Crippen LogP contribution >= 0.6 is 0 Å². The smallest absolute Gasteiger partial charge is 0.259 e. The standard InChI is InChI=1S/C13H14F2N4O/c1-7(2)19-12(3-4-17-19)18-13(20)8-5-11(16)10(15)6-9(8)14/h3-7H,16H2,1-2H3,(H,18,20). The molecule has 0 unspecified atom stereocenters. The SMILES string of the molecule is CC(C)n1nccc1NC(=O)c1cc(N)c(F)cc1F. The van der Waals surface area contributed by atoms with Crippen molar-refractivity contribution in [2.75, 3.05) is 11.1 Å². The van der Waals surface area contributed by atoms with Crippen molar-refractivity contribution in [3.8, 4) is 0 Å². The number of nitrogens with one attached hydrogen (secondary N) is 1. The van der Waals surface area contributed by atoms with Crippen LogP contribution in [0, 0.1) is 11.6 Å². The van der Waals surface area contributed by atoms with Crippen LogP contribution in [0.1, 0.15) is 30.2 Å². The maximum absolute atomic E-state index is 13.6. The predicted molar refractivity (Wildman–Crippen MR) is 71.3 cm³/mol. The van der Waals surface area contributed by atoms with E-state index in [4.69, 9.17) is 5.73 Å². The molecule has 0 saturated heterocycles. The number of halogens is 2. The second kappa shape index (κ2) is 5.28. The second-order valence-corrected chi connectivity index (χ2v) is 4.56. The van der Waals surface area contributed by atoms with E-state index in [2.05, 4.69) is 10.4 Å². The van der Waals surface area contributed by atoms with Crippen LogP contribution < -0.4 is 11.1 Å². The molecule has 0 aliphatic carbocycles. The first-order chi connectivity index (χ1) is 9.40. The molecule has 0 bridgehead atoms. The van der Waals surface area contributed by atoms with E-state index in [1.54, 1.807) is 10.7 Å². The van der Waals surface area contributed by atoms with Gasteiger partial charge in [0.1, 0.15) is 17.5 Å². The van der Waals surface area contributed by atoms with E-state index in [9.17, 15) is 13.6 Å². The average Bonchev–Trinajstić information content (AvgIpc) is 2.81. The Morgan fingerprint density at radius 1 is 1.35 bits per heavy atom. The Hall–Kier alpha value is -2.44. The number of nitrogen functional groups attached to an aromatic ring is 1. The van der Waals surface area contributed by atoms with Crippen LogP contribution in [-0.4, -0.2) is 15.7 Å². The predicted octanol–water partition coefficient (Wildman–Crippen LogP) is 2.58. The second-order valence-electron chi connectivity index (χ2n) is 4.56. The quantitative estimate of drug-likeness (QED) is 0.849. The molecule has 2 rings (SSSR count). The maximum atomic E-state index is 13.6. The number of rotatable bonds is 3. The number of nitrogens with zero attached hydrogens (tertiary/aromatic N) is 2. The number of hydrogen-bond donors (Lipinski definition) is 2. The number of hydrogen-bond acceptors (Lipinski definition) is 3. The lowest BCUT2D eigenvalue weighted by molar-refractivity contribution is 0.102. The summed E-state index contributed by atoms with van der Waals surface area (Å²) in [5, 5.41) is 6.56. The molecular weight excluding hydrogens is 266 g/mol. The van der Waals surface area contributed by atoms with Crippen molar-refractivity contribution >= 4 is 17.4 Å². The van der Waals surface area contributed by atoms with Gasteiger partial charge in [-0.1, -0.05) is 0 Å². The molecule has 0 spiro atoms. The Bertz CT molecular complexity index is 652. The van der Waals surface area contributed by atoms with Crippen molar-refractivity contribution in [3.05, 3.63) is 41.6 Å². The molecule has 2 aromatic rings. The lowest BCUT2D eigenvalue weighted by atomic mass is 10.1. The van der Waals surface area contributed by atoms with Crippen LogP contribution in [-0.2, 0) is 0 Å². The van der Waals surface area contributed by atoms with Gasteiger partial charge in [-0.05, 0) is 19.9 Å². The van der Waals surface area contributed by atoms with Gasteiger partial charge in [-0.25, -0.2) is 13.5 Å². The van der Waals surface area contributed by atoms with Crippen LogP contribution in [0.4, 0.5) is 20.3 Å². The lowest BCUT2D eigenvalue weighted by Gasteiger charge is -2.12. The minimum atomic E-state index is -0.968. The van der Waals surface area contributed by atoms with E-state index in [1.165, 1.54) is 6.20 Å². The first kappa shape index (κ1) is 14.0. The van der Waals surface area contributed by atoms with E-state index in [-0.39, 0.29) is 17.3 Å². The Kier molecular flexibility index (Phi) is 3.69. The molecule has 0 fully saturated rings. The van der Waals surface area contributed by atoms with Gasteiger partial charge in [0.2, 0.25) is 0 Å². The molecule has 5 nitrogen and oxygen atoms in total. The number of anilines is 2. The van der Waals surface area contributed by atoms with Crippen LogP contribution in [0.2, 0.25) is 0 Å². The van der Waals surface area contributed by atoms with E-state index in [1.807, 2.05) is 13.8 Å². The van der Waals surface area contributed by atoms with E-state index in [0.29, 0.717) is 11.9 Å². The molecular formula is C13H14F2N4O. The van der Waals surface area contributed by atoms with Gasteiger partial charge in [-0.15, -0.1) is 0 Å². The number of carbonyl (C=O) groups is 1. The summed E-state index contributed by atoms with van der Waals surface area (Å²) >= 11 is 0. The molecule has 3 N–H and O–H groups in total. The van der Waals surface area contributed by atoms with E-state index < -0.39 is 17.5 Å². The zero-order valence-electron chi connectivity index (χ0n) is 11.0. The number of benzene rings is 1. The van der Waals surface area contributed by atoms with Gasteiger partial charge >= 0.3 is 0 Å². The Labute approximate surface area is 114 Å². The van der Waals surface area contributed by atoms with Gasteiger partial charge in [0, 0.05) is 18.2 Å². The van der Waals surface area contributed by atoms with Gasteiger partial charge in [-0.3, -0.25) is 4.79 Å². The third-order valence-corrected chi connectivity index (χ3v) is 2.73. The first-order valence-electron chi connectivity index (χ1n) is 5.99. The summed E-state index contributed by atoms with van der Waals surface area (Å²) in [4.78, 5) is 12.0. The fourth-order valence-corrected chi connectivity index (χ4v) is 1.75. The molecule has 0 aliphatic heterocycles. The summed E-state index contributed by atoms with van der Waals surface area (Å²) < 4.78 is 28.2. The summed E-state index contributed by atoms with van der Waals surface area (Å²) in [5.41, 5.74) is 4.74. The monoisotopic (exact) mass is 280 g/mol. The van der Waals surface area contributed by atoms with E-state index >= 15 is 0 Å².